The van der Waals surface area contributed by atoms with E-state index in [1.54, 1.807) is 13.3 Å². The summed E-state index contributed by atoms with van der Waals surface area (Å²) in [6.45, 7) is 0. The van der Waals surface area contributed by atoms with Crippen LogP contribution in [-0.2, 0) is 10.5 Å². The maximum atomic E-state index is 12.5. The average molecular weight is 349 g/mol. The minimum atomic E-state index is -0.528. The van der Waals surface area contributed by atoms with Crippen LogP contribution in [0.4, 0.5) is 4.79 Å². The Morgan fingerprint density at radius 1 is 1.35 bits per heavy atom. The van der Waals surface area contributed by atoms with Crippen molar-refractivity contribution < 1.29 is 14.2 Å². The average Bonchev–Trinajstić information content (AvgIpc) is 2.57. The summed E-state index contributed by atoms with van der Waals surface area (Å²) in [6, 6.07) is 7.26. The Kier molecular flexibility index (Phi) is 4.37. The first kappa shape index (κ1) is 16.0. The number of thioether (sulfide) groups is 1. The van der Waals surface area contributed by atoms with Crippen molar-refractivity contribution in [2.45, 2.75) is 5.75 Å². The third kappa shape index (κ3) is 2.84. The van der Waals surface area contributed by atoms with Crippen LogP contribution >= 0.6 is 23.4 Å². The fraction of sp³-hybridized carbons (Fsp3) is 0.250. The monoisotopic (exact) mass is 348 g/mol. The van der Waals surface area contributed by atoms with Crippen molar-refractivity contribution in [1.29, 1.82) is 0 Å². The second kappa shape index (κ2) is 6.29. The van der Waals surface area contributed by atoms with Crippen LogP contribution in [0.2, 0.25) is 5.02 Å². The highest BCUT2D eigenvalue weighted by Crippen LogP contribution is 2.34. The molecular weight excluding hydrogens is 334 g/mol. The standard InChI is InChI=1S/C16H15ClN3O2S/c1-19-14-13(15(21)20(2)16(19)22)12(7-8-18-14)23-9-10-5-3-4-6-11(10)17/h3-8,13H,9H2,1-2H3/q+1. The first-order valence-corrected chi connectivity index (χ1v) is 8.39. The fourth-order valence-electron chi connectivity index (χ4n) is 2.52. The van der Waals surface area contributed by atoms with Crippen LogP contribution < -0.4 is 0 Å². The SMILES string of the molecule is CN1C(=O)C2C(SCc3ccccc3Cl)=CC=NC2=[N+](C)C1=O. The van der Waals surface area contributed by atoms with Gasteiger partial charge in [-0.2, -0.15) is 9.48 Å². The Bertz CT molecular complexity index is 785. The third-order valence-corrected chi connectivity index (χ3v) is 5.36. The topological polar surface area (TPSA) is 52.8 Å². The first-order valence-electron chi connectivity index (χ1n) is 7.03. The molecule has 118 valence electrons. The Morgan fingerprint density at radius 3 is 2.83 bits per heavy atom. The lowest BCUT2D eigenvalue weighted by molar-refractivity contribution is -0.407. The molecule has 5 nitrogen and oxygen atoms in total. The van der Waals surface area contributed by atoms with Crippen molar-refractivity contribution in [1.82, 2.24) is 4.90 Å². The van der Waals surface area contributed by atoms with Crippen LogP contribution in [0.15, 0.2) is 40.2 Å². The highest BCUT2D eigenvalue weighted by atomic mass is 35.5. The molecule has 0 aliphatic carbocycles. The van der Waals surface area contributed by atoms with Crippen LogP contribution in [0, 0.1) is 5.92 Å². The molecule has 0 aromatic heterocycles. The molecule has 0 spiro atoms. The molecule has 0 bridgehead atoms. The van der Waals surface area contributed by atoms with Gasteiger partial charge in [0, 0.05) is 15.7 Å². The summed E-state index contributed by atoms with van der Waals surface area (Å²) in [6.07, 6.45) is 3.45. The van der Waals surface area contributed by atoms with E-state index in [1.165, 1.54) is 23.4 Å². The number of carbonyl (C=O) groups is 2. The maximum Gasteiger partial charge on any atom is 0.445 e. The van der Waals surface area contributed by atoms with Gasteiger partial charge in [-0.15, -0.1) is 16.8 Å². The lowest BCUT2D eigenvalue weighted by Gasteiger charge is -2.26. The Balaban J connectivity index is 1.88. The fourth-order valence-corrected chi connectivity index (χ4v) is 3.90. The lowest BCUT2D eigenvalue weighted by Crippen LogP contribution is -2.52. The van der Waals surface area contributed by atoms with E-state index in [-0.39, 0.29) is 11.9 Å². The molecule has 23 heavy (non-hydrogen) atoms. The summed E-state index contributed by atoms with van der Waals surface area (Å²) in [5.74, 6) is 0.345. The molecule has 1 atom stereocenters. The zero-order valence-electron chi connectivity index (χ0n) is 12.7. The van der Waals surface area contributed by atoms with Crippen molar-refractivity contribution in [3.05, 3.63) is 45.8 Å². The van der Waals surface area contributed by atoms with Crippen LogP contribution in [0.5, 0.6) is 0 Å². The normalized spacial score (nSPS) is 20.7. The number of aliphatic imine (C=N–C) groups is 1. The number of carbonyl (C=O) groups excluding carboxylic acids is 2. The van der Waals surface area contributed by atoms with Gasteiger partial charge >= 0.3 is 11.9 Å². The molecule has 3 rings (SSSR count). The van der Waals surface area contributed by atoms with Gasteiger partial charge in [-0.25, -0.2) is 4.79 Å². The summed E-state index contributed by atoms with van der Waals surface area (Å²) in [7, 11) is 3.12. The molecule has 3 amide bonds. The molecule has 0 saturated carbocycles. The van der Waals surface area contributed by atoms with Gasteiger partial charge in [0.1, 0.15) is 6.21 Å². The molecule has 1 unspecified atom stereocenters. The lowest BCUT2D eigenvalue weighted by atomic mass is 10.0. The molecule has 1 aromatic rings. The van der Waals surface area contributed by atoms with E-state index >= 15 is 0 Å². The minimum Gasteiger partial charge on any atom is -0.255 e. The van der Waals surface area contributed by atoms with Crippen molar-refractivity contribution in [3.63, 3.8) is 0 Å². The summed E-state index contributed by atoms with van der Waals surface area (Å²) < 4.78 is 1.42. The second-order valence-corrected chi connectivity index (χ2v) is 6.71. The van der Waals surface area contributed by atoms with E-state index in [4.69, 9.17) is 11.6 Å². The van der Waals surface area contributed by atoms with E-state index in [0.717, 1.165) is 15.4 Å². The number of amidine groups is 1. The largest absolute Gasteiger partial charge is 0.445 e. The Hall–Kier alpha value is -1.92. The van der Waals surface area contributed by atoms with E-state index < -0.39 is 5.92 Å². The van der Waals surface area contributed by atoms with Gasteiger partial charge in [0.15, 0.2) is 5.92 Å². The van der Waals surface area contributed by atoms with E-state index in [2.05, 4.69) is 4.99 Å². The van der Waals surface area contributed by atoms with Gasteiger partial charge in [-0.3, -0.25) is 4.79 Å². The van der Waals surface area contributed by atoms with Gasteiger partial charge in [-0.1, -0.05) is 29.8 Å². The molecule has 7 heteroatoms. The molecule has 0 fully saturated rings. The number of amides is 3. The van der Waals surface area contributed by atoms with Crippen molar-refractivity contribution in [2.75, 3.05) is 14.1 Å². The summed E-state index contributed by atoms with van der Waals surface area (Å²) in [5.41, 5.74) is 1.00. The smallest absolute Gasteiger partial charge is 0.255 e. The predicted molar refractivity (Wildman–Crippen MR) is 92.2 cm³/mol. The van der Waals surface area contributed by atoms with Gasteiger partial charge < -0.3 is 0 Å². The van der Waals surface area contributed by atoms with Crippen molar-refractivity contribution >= 4 is 47.4 Å². The van der Waals surface area contributed by atoms with Gasteiger partial charge in [0.25, 0.3) is 5.84 Å². The number of rotatable bonds is 3. The molecule has 2 aliphatic rings. The highest BCUT2D eigenvalue weighted by molar-refractivity contribution is 8.02. The highest BCUT2D eigenvalue weighted by Gasteiger charge is 2.46. The second-order valence-electron chi connectivity index (χ2n) is 5.26. The van der Waals surface area contributed by atoms with Crippen molar-refractivity contribution in [3.8, 4) is 0 Å². The van der Waals surface area contributed by atoms with Gasteiger partial charge in [0.2, 0.25) is 0 Å². The van der Waals surface area contributed by atoms with Crippen LogP contribution in [0.25, 0.3) is 0 Å². The summed E-state index contributed by atoms with van der Waals surface area (Å²) >= 11 is 7.72. The first-order chi connectivity index (χ1) is 11.0. The number of halogens is 1. The predicted octanol–water partition coefficient (Wildman–Crippen LogP) is 2.79. The number of imide groups is 1. The molecule has 1 aromatic carbocycles. The quantitative estimate of drug-likeness (QED) is 0.789. The number of allylic oxidation sites excluding steroid dienone is 1. The number of dihydropyridines is 1. The van der Waals surface area contributed by atoms with E-state index in [0.29, 0.717) is 16.6 Å². The minimum absolute atomic E-state index is 0.252. The molecule has 2 heterocycles. The number of nitrogens with zero attached hydrogens (tertiary/aromatic N) is 3. The zero-order chi connectivity index (χ0) is 16.6. The number of benzene rings is 1. The Morgan fingerprint density at radius 2 is 2.09 bits per heavy atom. The van der Waals surface area contributed by atoms with Gasteiger partial charge in [-0.05, 0) is 17.7 Å². The Labute approximate surface area is 143 Å². The third-order valence-electron chi connectivity index (χ3n) is 3.84. The van der Waals surface area contributed by atoms with Gasteiger partial charge in [0.05, 0.1) is 14.1 Å². The summed E-state index contributed by atoms with van der Waals surface area (Å²) in [4.78, 5) is 30.7. The molecule has 0 radical (unpaired) electrons. The number of hydrogen-bond donors (Lipinski definition) is 0. The van der Waals surface area contributed by atoms with Crippen LogP contribution in [0.3, 0.4) is 0 Å². The number of urea groups is 1. The zero-order valence-corrected chi connectivity index (χ0v) is 14.3. The molecular formula is C16H15ClN3O2S+. The number of hydrogen-bond acceptors (Lipinski definition) is 4. The number of fused-ring (bicyclic) bond motifs is 1. The maximum absolute atomic E-state index is 12.5. The van der Waals surface area contributed by atoms with E-state index in [1.807, 2.05) is 30.3 Å². The van der Waals surface area contributed by atoms with Crippen LogP contribution in [-0.4, -0.2) is 47.6 Å². The van der Waals surface area contributed by atoms with E-state index in [9.17, 15) is 9.59 Å². The molecule has 2 aliphatic heterocycles. The molecule has 0 N–H and O–H groups in total. The molecule has 0 saturated heterocycles. The van der Waals surface area contributed by atoms with Crippen LogP contribution in [0.1, 0.15) is 5.56 Å². The summed E-state index contributed by atoms with van der Waals surface area (Å²) in [5, 5.41) is 0.702. The van der Waals surface area contributed by atoms with Crippen molar-refractivity contribution in [2.24, 2.45) is 10.9 Å².